The van der Waals surface area contributed by atoms with Crippen molar-refractivity contribution in [3.63, 3.8) is 0 Å². The lowest BCUT2D eigenvalue weighted by atomic mass is 9.76. The van der Waals surface area contributed by atoms with Gasteiger partial charge in [-0.15, -0.1) is 0 Å². The minimum atomic E-state index is -0.672. The van der Waals surface area contributed by atoms with Gasteiger partial charge in [-0.1, -0.05) is 53.1 Å². The van der Waals surface area contributed by atoms with E-state index in [4.69, 9.17) is 21.1 Å². The Morgan fingerprint density at radius 1 is 1.19 bits per heavy atom. The second-order valence-corrected chi connectivity index (χ2v) is 7.48. The number of ether oxygens (including phenoxy) is 2. The third-order valence-electron chi connectivity index (χ3n) is 4.91. The van der Waals surface area contributed by atoms with Crippen molar-refractivity contribution in [2.45, 2.75) is 53.4 Å². The number of carbonyl (C=O) groups is 1. The smallest absolute Gasteiger partial charge is 0.274 e. The third kappa shape index (κ3) is 6.78. The zero-order valence-electron chi connectivity index (χ0n) is 20.0. The van der Waals surface area contributed by atoms with Crippen molar-refractivity contribution < 1.29 is 18.7 Å². The van der Waals surface area contributed by atoms with E-state index in [1.54, 1.807) is 19.2 Å². The summed E-state index contributed by atoms with van der Waals surface area (Å²) in [5.41, 5.74) is 1.37. The molecule has 7 heteroatoms. The molecule has 5 nitrogen and oxygen atoms in total. The van der Waals surface area contributed by atoms with Gasteiger partial charge in [-0.05, 0) is 35.9 Å². The van der Waals surface area contributed by atoms with Gasteiger partial charge < -0.3 is 14.8 Å². The van der Waals surface area contributed by atoms with Gasteiger partial charge in [0.25, 0.3) is 5.91 Å². The summed E-state index contributed by atoms with van der Waals surface area (Å²) in [6.45, 7) is 12.8. The molecule has 3 rings (SSSR count). The Labute approximate surface area is 196 Å². The van der Waals surface area contributed by atoms with Crippen LogP contribution in [0, 0.1) is 5.82 Å². The molecule has 0 saturated carbocycles. The molecule has 32 heavy (non-hydrogen) atoms. The lowest BCUT2D eigenvalue weighted by Crippen LogP contribution is -2.30. The second-order valence-electron chi connectivity index (χ2n) is 7.04. The highest BCUT2D eigenvalue weighted by molar-refractivity contribution is 6.30. The van der Waals surface area contributed by atoms with Gasteiger partial charge in [0.05, 0.1) is 25.3 Å². The number of halogens is 2. The van der Waals surface area contributed by atoms with E-state index in [0.717, 1.165) is 11.3 Å². The summed E-state index contributed by atoms with van der Waals surface area (Å²) in [7, 11) is 1.61. The van der Waals surface area contributed by atoms with Gasteiger partial charge in [0.15, 0.2) is 0 Å². The van der Waals surface area contributed by atoms with Gasteiger partial charge in [0.2, 0.25) is 0 Å². The summed E-state index contributed by atoms with van der Waals surface area (Å²) in [6.07, 6.45) is 2.05. The maximum atomic E-state index is 14.7. The molecule has 0 fully saturated rings. The van der Waals surface area contributed by atoms with Crippen LogP contribution in [0.2, 0.25) is 5.02 Å². The third-order valence-corrected chi connectivity index (χ3v) is 5.14. The largest absolute Gasteiger partial charge is 0.501 e. The molecule has 176 valence electrons. The van der Waals surface area contributed by atoms with Crippen molar-refractivity contribution >= 4 is 23.2 Å². The first kappa shape index (κ1) is 27.6. The summed E-state index contributed by atoms with van der Waals surface area (Å²) in [5, 5.41) is 3.20. The summed E-state index contributed by atoms with van der Waals surface area (Å²) in [5.74, 6) is 0.0569. The van der Waals surface area contributed by atoms with Crippen molar-refractivity contribution in [3.8, 4) is 0 Å². The predicted molar refractivity (Wildman–Crippen MR) is 129 cm³/mol. The molecule has 1 aliphatic heterocycles. The lowest BCUT2D eigenvalue weighted by Gasteiger charge is -2.33. The molecule has 0 saturated heterocycles. The van der Waals surface area contributed by atoms with E-state index < -0.39 is 11.3 Å². The van der Waals surface area contributed by atoms with Crippen molar-refractivity contribution in [2.75, 3.05) is 25.6 Å². The first-order chi connectivity index (χ1) is 15.3. The van der Waals surface area contributed by atoms with Gasteiger partial charge >= 0.3 is 0 Å². The molecule has 1 aliphatic rings. The van der Waals surface area contributed by atoms with E-state index in [-0.39, 0.29) is 11.5 Å². The van der Waals surface area contributed by atoms with Gasteiger partial charge in [0.1, 0.15) is 17.3 Å². The van der Waals surface area contributed by atoms with Crippen molar-refractivity contribution in [1.82, 2.24) is 4.98 Å². The van der Waals surface area contributed by atoms with Crippen molar-refractivity contribution in [3.05, 3.63) is 70.0 Å². The molecule has 2 heterocycles. The molecule has 0 aliphatic carbocycles. The van der Waals surface area contributed by atoms with Crippen molar-refractivity contribution in [1.29, 1.82) is 0 Å². The molecule has 1 N–H and O–H groups in total. The average molecular weight is 465 g/mol. The first-order valence-electron chi connectivity index (χ1n) is 10.9. The van der Waals surface area contributed by atoms with E-state index in [1.165, 1.54) is 24.4 Å². The Kier molecular flexibility index (Phi) is 11.4. The molecule has 1 aromatic heterocycles. The van der Waals surface area contributed by atoms with Crippen LogP contribution >= 0.6 is 11.6 Å². The number of carbonyl (C=O) groups excluding carboxylic acids is 1. The monoisotopic (exact) mass is 464 g/mol. The molecule has 0 bridgehead atoms. The van der Waals surface area contributed by atoms with Crippen LogP contribution in [0.4, 0.5) is 10.1 Å². The maximum Gasteiger partial charge on any atom is 0.274 e. The summed E-state index contributed by atoms with van der Waals surface area (Å²) < 4.78 is 25.8. The second kappa shape index (κ2) is 13.2. The number of amides is 1. The number of benzene rings is 1. The van der Waals surface area contributed by atoms with Crippen LogP contribution in [0.3, 0.4) is 0 Å². The van der Waals surface area contributed by atoms with Gasteiger partial charge in [0, 0.05) is 29.3 Å². The van der Waals surface area contributed by atoms with E-state index in [2.05, 4.69) is 10.3 Å². The summed E-state index contributed by atoms with van der Waals surface area (Å²) in [4.78, 5) is 16.4. The van der Waals surface area contributed by atoms with Gasteiger partial charge in [-0.2, -0.15) is 0 Å². The van der Waals surface area contributed by atoms with E-state index >= 15 is 0 Å². The average Bonchev–Trinajstić information content (AvgIpc) is 2.83. The zero-order valence-corrected chi connectivity index (χ0v) is 20.8. The molecular formula is C25H34ClFN2O3. The molecule has 0 atom stereocenters. The van der Waals surface area contributed by atoms with Crippen LogP contribution in [0.5, 0.6) is 0 Å². The standard InChI is InChI=1S/C21H22ClFN2O3.2C2H6/c1-21(2,16-12-28-9-8-19(16)27-3)15-10-14(5-6-17(15)23)25-20(26)18-7-4-13(22)11-24-18;2*1-2/h4-7,10-11H,8-9,12H2,1-3H3,(H,25,26);2*1-2H3. The van der Waals surface area contributed by atoms with Crippen LogP contribution < -0.4 is 5.32 Å². The number of methoxy groups -OCH3 is 1. The number of rotatable bonds is 5. The zero-order chi connectivity index (χ0) is 24.3. The van der Waals surface area contributed by atoms with Crippen LogP contribution in [0.15, 0.2) is 47.9 Å². The number of pyridine rings is 1. The Bertz CT molecular complexity index is 912. The minimum absolute atomic E-state index is 0.222. The highest BCUT2D eigenvalue weighted by Gasteiger charge is 2.33. The summed E-state index contributed by atoms with van der Waals surface area (Å²) in [6, 6.07) is 7.62. The highest BCUT2D eigenvalue weighted by Crippen LogP contribution is 2.38. The number of hydrogen-bond acceptors (Lipinski definition) is 4. The number of nitrogens with zero attached hydrogens (tertiary/aromatic N) is 1. The maximum absolute atomic E-state index is 14.7. The number of aromatic nitrogens is 1. The number of nitrogens with one attached hydrogen (secondary N) is 1. The minimum Gasteiger partial charge on any atom is -0.501 e. The molecule has 0 spiro atoms. The Hall–Kier alpha value is -2.44. The van der Waals surface area contributed by atoms with Crippen molar-refractivity contribution in [2.24, 2.45) is 0 Å². The lowest BCUT2D eigenvalue weighted by molar-refractivity contribution is 0.102. The topological polar surface area (TPSA) is 60.5 Å². The predicted octanol–water partition coefficient (Wildman–Crippen LogP) is 6.78. The fourth-order valence-electron chi connectivity index (χ4n) is 3.27. The highest BCUT2D eigenvalue weighted by atomic mass is 35.5. The van der Waals surface area contributed by atoms with E-state index in [0.29, 0.717) is 35.9 Å². The Balaban J connectivity index is 0.00000121. The molecule has 0 radical (unpaired) electrons. The first-order valence-corrected chi connectivity index (χ1v) is 11.3. The molecule has 1 amide bonds. The Morgan fingerprint density at radius 2 is 1.88 bits per heavy atom. The van der Waals surface area contributed by atoms with Crippen LogP contribution in [-0.2, 0) is 14.9 Å². The van der Waals surface area contributed by atoms with E-state index in [9.17, 15) is 9.18 Å². The van der Waals surface area contributed by atoms with Gasteiger partial charge in [-0.25, -0.2) is 9.37 Å². The van der Waals surface area contributed by atoms with E-state index in [1.807, 2.05) is 41.5 Å². The van der Waals surface area contributed by atoms with Crippen LogP contribution in [0.1, 0.15) is 64.0 Å². The van der Waals surface area contributed by atoms with Crippen LogP contribution in [0.25, 0.3) is 0 Å². The fraction of sp³-hybridized carbons (Fsp3) is 0.440. The molecule has 1 aromatic carbocycles. The normalized spacial score (nSPS) is 13.3. The quantitative estimate of drug-likeness (QED) is 0.529. The molecular weight excluding hydrogens is 431 g/mol. The number of hydrogen-bond donors (Lipinski definition) is 1. The van der Waals surface area contributed by atoms with Gasteiger partial charge in [-0.3, -0.25) is 4.79 Å². The molecule has 2 aromatic rings. The van der Waals surface area contributed by atoms with Crippen LogP contribution in [-0.4, -0.2) is 31.2 Å². The Morgan fingerprint density at radius 3 is 2.47 bits per heavy atom. The SMILES string of the molecule is CC.CC.COC1=C(C(C)(C)c2cc(NC(=O)c3ccc(Cl)cn3)ccc2F)COCC1. The fourth-order valence-corrected chi connectivity index (χ4v) is 3.39. The molecule has 0 unspecified atom stereocenters. The summed E-state index contributed by atoms with van der Waals surface area (Å²) >= 11 is 5.80. The number of anilines is 1.